The number of anilines is 1. The van der Waals surface area contributed by atoms with Gasteiger partial charge >= 0.3 is 6.09 Å². The summed E-state index contributed by atoms with van der Waals surface area (Å²) in [6, 6.07) is 8.02. The Labute approximate surface area is 247 Å². The molecule has 1 unspecified atom stereocenters. The van der Waals surface area contributed by atoms with Crippen molar-refractivity contribution in [2.75, 3.05) is 31.1 Å². The minimum atomic E-state index is -0.666. The van der Waals surface area contributed by atoms with Crippen LogP contribution in [0, 0.1) is 5.82 Å². The van der Waals surface area contributed by atoms with Crippen molar-refractivity contribution < 1.29 is 23.5 Å². The van der Waals surface area contributed by atoms with Gasteiger partial charge in [0, 0.05) is 32.4 Å². The van der Waals surface area contributed by atoms with E-state index in [0.29, 0.717) is 62.4 Å². The lowest BCUT2D eigenvalue weighted by molar-refractivity contribution is 0.0508. The number of fused-ring (bicyclic) bond motifs is 2. The van der Waals surface area contributed by atoms with Crippen LogP contribution in [-0.2, 0) is 4.74 Å². The number of alkyl carbamates (subject to hydrolysis) is 1. The number of hydrogen-bond donors (Lipinski definition) is 4. The van der Waals surface area contributed by atoms with Crippen molar-refractivity contribution >= 4 is 34.6 Å². The number of benzene rings is 2. The van der Waals surface area contributed by atoms with Gasteiger partial charge < -0.3 is 41.0 Å². The van der Waals surface area contributed by atoms with E-state index < -0.39 is 28.8 Å². The number of aromatic nitrogens is 1. The molecule has 0 bridgehead atoms. The molecule has 0 aliphatic carbocycles. The molecule has 2 aliphatic heterocycles. The van der Waals surface area contributed by atoms with Gasteiger partial charge in [0.2, 0.25) is 5.43 Å². The van der Waals surface area contributed by atoms with E-state index in [1.807, 2.05) is 6.07 Å². The maximum Gasteiger partial charge on any atom is 0.407 e. The van der Waals surface area contributed by atoms with Crippen molar-refractivity contribution in [1.29, 1.82) is 0 Å². The summed E-state index contributed by atoms with van der Waals surface area (Å²) < 4.78 is 29.3. The van der Waals surface area contributed by atoms with Crippen LogP contribution < -0.4 is 37.2 Å². The Morgan fingerprint density at radius 2 is 1.98 bits per heavy atom. The van der Waals surface area contributed by atoms with Crippen molar-refractivity contribution in [1.82, 2.24) is 15.2 Å². The van der Waals surface area contributed by atoms with Crippen molar-refractivity contribution in [2.24, 2.45) is 16.5 Å². The van der Waals surface area contributed by atoms with Crippen molar-refractivity contribution in [3.63, 3.8) is 0 Å². The molecule has 5 rings (SSSR count). The highest BCUT2D eigenvalue weighted by Gasteiger charge is 2.34. The molecule has 43 heavy (non-hydrogen) atoms. The fourth-order valence-corrected chi connectivity index (χ4v) is 5.31. The fourth-order valence-electron chi connectivity index (χ4n) is 5.31. The van der Waals surface area contributed by atoms with Gasteiger partial charge in [0.25, 0.3) is 5.91 Å². The Balaban J connectivity index is 1.47. The van der Waals surface area contributed by atoms with E-state index in [9.17, 15) is 14.4 Å². The molecule has 3 aromatic rings. The Bertz CT molecular complexity index is 1660. The molecule has 2 aliphatic rings. The zero-order chi connectivity index (χ0) is 30.9. The normalized spacial score (nSPS) is 15.4. The average molecular weight is 594 g/mol. The molecular weight excluding hydrogens is 557 g/mol. The molecule has 12 nitrogen and oxygen atoms in total. The number of carbonyl (C=O) groups excluding carboxylic acids is 2. The second kappa shape index (κ2) is 11.8. The molecule has 1 atom stereocenters. The number of guanidine groups is 1. The Hall–Kier alpha value is -4.81. The minimum Gasteiger partial charge on any atom is -0.451 e. The predicted octanol–water partition coefficient (Wildman–Crippen LogP) is 3.12. The van der Waals surface area contributed by atoms with E-state index in [2.05, 4.69) is 15.6 Å². The minimum absolute atomic E-state index is 0.00299. The number of hydrogen-bond acceptors (Lipinski definition) is 7. The van der Waals surface area contributed by atoms with Gasteiger partial charge in [-0.05, 0) is 58.2 Å². The molecule has 13 heteroatoms. The highest BCUT2D eigenvalue weighted by molar-refractivity contribution is 6.01. The number of pyridine rings is 1. The van der Waals surface area contributed by atoms with Crippen LogP contribution in [0.2, 0.25) is 0 Å². The Morgan fingerprint density at radius 3 is 2.72 bits per heavy atom. The highest BCUT2D eigenvalue weighted by Crippen LogP contribution is 2.47. The summed E-state index contributed by atoms with van der Waals surface area (Å²) in [6.07, 6.45) is 2.74. The molecule has 6 N–H and O–H groups in total. The lowest BCUT2D eigenvalue weighted by Gasteiger charge is -2.29. The molecule has 228 valence electrons. The number of nitrogens with one attached hydrogen (secondary N) is 2. The summed E-state index contributed by atoms with van der Waals surface area (Å²) in [5.74, 6) is -0.608. The first-order chi connectivity index (χ1) is 20.4. The fraction of sp³-hybridized carbons (Fsp3) is 0.400. The van der Waals surface area contributed by atoms with E-state index in [-0.39, 0.29) is 34.4 Å². The van der Waals surface area contributed by atoms with Crippen molar-refractivity contribution in [2.45, 2.75) is 51.7 Å². The monoisotopic (exact) mass is 593 g/mol. The summed E-state index contributed by atoms with van der Waals surface area (Å²) in [6.45, 7) is 6.83. The molecule has 0 radical (unpaired) electrons. The Morgan fingerprint density at radius 1 is 1.21 bits per heavy atom. The van der Waals surface area contributed by atoms with Gasteiger partial charge in [-0.2, -0.15) is 0 Å². The first-order valence-electron chi connectivity index (χ1n) is 14.2. The first-order valence-corrected chi connectivity index (χ1v) is 14.2. The summed E-state index contributed by atoms with van der Waals surface area (Å²) >= 11 is 0. The van der Waals surface area contributed by atoms with Crippen LogP contribution in [0.1, 0.15) is 50.4 Å². The van der Waals surface area contributed by atoms with E-state index in [1.54, 1.807) is 48.4 Å². The van der Waals surface area contributed by atoms with E-state index in [1.165, 1.54) is 6.20 Å². The number of rotatable bonds is 8. The molecule has 2 aromatic carbocycles. The Kier molecular flexibility index (Phi) is 8.16. The van der Waals surface area contributed by atoms with Crippen molar-refractivity contribution in [3.05, 3.63) is 58.1 Å². The van der Waals surface area contributed by atoms with E-state index in [4.69, 9.17) is 20.9 Å². The maximum atomic E-state index is 15.9. The summed E-state index contributed by atoms with van der Waals surface area (Å²) in [5.41, 5.74) is 10.4. The molecule has 3 heterocycles. The lowest BCUT2D eigenvalue weighted by Crippen LogP contribution is -2.40. The van der Waals surface area contributed by atoms with Gasteiger partial charge in [-0.25, -0.2) is 9.18 Å². The number of unbranched alkanes of at least 4 members (excludes halogenated alkanes) is 1. The first kappa shape index (κ1) is 29.7. The van der Waals surface area contributed by atoms with Crippen LogP contribution in [0.5, 0.6) is 11.5 Å². The topological polar surface area (TPSA) is 166 Å². The van der Waals surface area contributed by atoms with Crippen LogP contribution in [0.15, 0.2) is 46.3 Å². The molecule has 2 amide bonds. The van der Waals surface area contributed by atoms with Gasteiger partial charge in [0.15, 0.2) is 23.3 Å². The summed E-state index contributed by atoms with van der Waals surface area (Å²) in [5, 5.41) is 5.64. The second-order valence-corrected chi connectivity index (χ2v) is 11.6. The largest absolute Gasteiger partial charge is 0.451 e. The number of para-hydroxylation sites is 2. The third-order valence-electron chi connectivity index (χ3n) is 7.14. The van der Waals surface area contributed by atoms with Crippen LogP contribution >= 0.6 is 0 Å². The van der Waals surface area contributed by atoms with Crippen LogP contribution in [0.3, 0.4) is 0 Å². The molecule has 1 fully saturated rings. The summed E-state index contributed by atoms with van der Waals surface area (Å²) in [7, 11) is 0. The number of nitrogens with two attached hydrogens (primary N) is 2. The zero-order valence-corrected chi connectivity index (χ0v) is 24.4. The van der Waals surface area contributed by atoms with Crippen LogP contribution in [0.25, 0.3) is 16.6 Å². The average Bonchev–Trinajstić information content (AvgIpc) is 3.38. The van der Waals surface area contributed by atoms with Crippen LogP contribution in [0.4, 0.5) is 14.9 Å². The van der Waals surface area contributed by atoms with Gasteiger partial charge in [-0.1, -0.05) is 12.1 Å². The number of aliphatic imine (C=N–C) groups is 1. The van der Waals surface area contributed by atoms with E-state index >= 15 is 4.39 Å². The van der Waals surface area contributed by atoms with Gasteiger partial charge in [0.05, 0.1) is 17.1 Å². The third-order valence-corrected chi connectivity index (χ3v) is 7.14. The van der Waals surface area contributed by atoms with E-state index in [0.717, 1.165) is 6.07 Å². The van der Waals surface area contributed by atoms with Crippen molar-refractivity contribution in [3.8, 4) is 17.2 Å². The molecule has 1 aromatic heterocycles. The molecular formula is C30H36FN7O5. The summed E-state index contributed by atoms with van der Waals surface area (Å²) in [4.78, 5) is 44.8. The molecule has 0 saturated carbocycles. The van der Waals surface area contributed by atoms with Crippen LogP contribution in [-0.4, -0.2) is 60.3 Å². The van der Waals surface area contributed by atoms with Gasteiger partial charge in [-0.3, -0.25) is 14.6 Å². The number of nitrogens with zero attached hydrogens (tertiary/aromatic N) is 3. The SMILES string of the molecule is CC(C)(C)OC(=O)NC1CCN(c2c(F)cc3c(=O)c(C(=O)NCCCCN=C(N)N)cn4c3c2Oc2ccccc2-4)C1. The van der Waals surface area contributed by atoms with Gasteiger partial charge in [-0.15, -0.1) is 0 Å². The molecule has 0 spiro atoms. The number of amides is 2. The predicted molar refractivity (Wildman–Crippen MR) is 162 cm³/mol. The number of halogens is 1. The smallest absolute Gasteiger partial charge is 0.407 e. The third kappa shape index (κ3) is 6.35. The lowest BCUT2D eigenvalue weighted by atomic mass is 10.1. The zero-order valence-electron chi connectivity index (χ0n) is 24.4. The number of ether oxygens (including phenoxy) is 2. The maximum absolute atomic E-state index is 15.9. The number of carbonyl (C=O) groups is 2. The quantitative estimate of drug-likeness (QED) is 0.137. The second-order valence-electron chi connectivity index (χ2n) is 11.6. The standard InChI is InChI=1S/C30H36FN7O5/c1-30(2,3)43-29(41)36-17-10-13-37(15-17)24-20(31)14-18-23-26(24)42-22-9-5-4-8-21(22)38(23)16-19(25(18)39)27(40)34-11-6-7-12-35-28(32)33/h4-5,8-9,14,16-17H,6-7,10-13,15H2,1-3H3,(H,34,40)(H,36,41)(H4,32,33,35). The van der Waals surface area contributed by atoms with Gasteiger partial charge in [0.1, 0.15) is 22.4 Å². The molecule has 1 saturated heterocycles. The highest BCUT2D eigenvalue weighted by atomic mass is 19.1.